The Kier molecular flexibility index (Phi) is 5.24. The first-order valence-electron chi connectivity index (χ1n) is 8.45. The van der Waals surface area contributed by atoms with Crippen molar-refractivity contribution in [3.63, 3.8) is 0 Å². The molecular weight excluding hydrogens is 370 g/mol. The highest BCUT2D eigenvalue weighted by atomic mass is 32.2. The Hall–Kier alpha value is -2.78. The molecular formula is C18H19N3O5S. The van der Waals surface area contributed by atoms with Crippen LogP contribution in [0.25, 0.3) is 0 Å². The van der Waals surface area contributed by atoms with Gasteiger partial charge in [-0.05, 0) is 50.1 Å². The van der Waals surface area contributed by atoms with Crippen LogP contribution in [0.2, 0.25) is 0 Å². The van der Waals surface area contributed by atoms with Gasteiger partial charge in [-0.25, -0.2) is 8.42 Å². The van der Waals surface area contributed by atoms with Gasteiger partial charge < -0.3 is 5.32 Å². The molecule has 0 radical (unpaired) electrons. The van der Waals surface area contributed by atoms with Gasteiger partial charge in [0.15, 0.2) is 0 Å². The van der Waals surface area contributed by atoms with Crippen LogP contribution < -0.4 is 5.32 Å². The molecule has 8 nitrogen and oxygen atoms in total. The molecule has 1 aliphatic rings. The van der Waals surface area contributed by atoms with Crippen molar-refractivity contribution in [1.82, 2.24) is 4.31 Å². The largest absolute Gasteiger partial charge is 0.322 e. The van der Waals surface area contributed by atoms with Crippen molar-refractivity contribution in [2.75, 3.05) is 18.4 Å². The summed E-state index contributed by atoms with van der Waals surface area (Å²) in [5, 5.41) is 13.6. The van der Waals surface area contributed by atoms with E-state index in [1.165, 1.54) is 46.8 Å². The lowest BCUT2D eigenvalue weighted by Gasteiger charge is -2.15. The first-order chi connectivity index (χ1) is 12.8. The van der Waals surface area contributed by atoms with E-state index in [1.807, 2.05) is 0 Å². The number of anilines is 1. The lowest BCUT2D eigenvalue weighted by molar-refractivity contribution is -0.385. The predicted octanol–water partition coefficient (Wildman–Crippen LogP) is 2.94. The van der Waals surface area contributed by atoms with Gasteiger partial charge in [-0.15, -0.1) is 0 Å². The number of hydrogen-bond donors (Lipinski definition) is 1. The zero-order valence-electron chi connectivity index (χ0n) is 14.7. The maximum atomic E-state index is 12.5. The van der Waals surface area contributed by atoms with Crippen molar-refractivity contribution in [2.45, 2.75) is 24.7 Å². The van der Waals surface area contributed by atoms with Crippen LogP contribution in [0.4, 0.5) is 11.4 Å². The van der Waals surface area contributed by atoms with Crippen molar-refractivity contribution in [3.05, 3.63) is 63.7 Å². The molecule has 2 aromatic carbocycles. The van der Waals surface area contributed by atoms with E-state index in [0.29, 0.717) is 24.3 Å². The van der Waals surface area contributed by atoms with Crippen LogP contribution >= 0.6 is 0 Å². The smallest absolute Gasteiger partial charge is 0.273 e. The molecule has 0 bridgehead atoms. The molecule has 1 amide bonds. The fraction of sp³-hybridized carbons (Fsp3) is 0.278. The third-order valence-electron chi connectivity index (χ3n) is 4.48. The van der Waals surface area contributed by atoms with Gasteiger partial charge in [0.2, 0.25) is 10.0 Å². The summed E-state index contributed by atoms with van der Waals surface area (Å²) in [4.78, 5) is 23.0. The molecule has 2 aromatic rings. The maximum Gasteiger partial charge on any atom is 0.273 e. The van der Waals surface area contributed by atoms with E-state index in [4.69, 9.17) is 0 Å². The molecule has 1 N–H and O–H groups in total. The van der Waals surface area contributed by atoms with E-state index in [0.717, 1.165) is 12.8 Å². The van der Waals surface area contributed by atoms with Gasteiger partial charge in [0.25, 0.3) is 11.6 Å². The average Bonchev–Trinajstić information content (AvgIpc) is 3.18. The summed E-state index contributed by atoms with van der Waals surface area (Å²) >= 11 is 0. The molecule has 0 aliphatic carbocycles. The van der Waals surface area contributed by atoms with Crippen molar-refractivity contribution in [1.29, 1.82) is 0 Å². The Bertz CT molecular complexity index is 981. The third-order valence-corrected chi connectivity index (χ3v) is 6.40. The van der Waals surface area contributed by atoms with E-state index in [9.17, 15) is 23.3 Å². The summed E-state index contributed by atoms with van der Waals surface area (Å²) in [5.74, 6) is -0.506. The van der Waals surface area contributed by atoms with Gasteiger partial charge in [-0.3, -0.25) is 14.9 Å². The maximum absolute atomic E-state index is 12.5. The number of aryl methyl sites for hydroxylation is 1. The zero-order valence-corrected chi connectivity index (χ0v) is 15.5. The minimum atomic E-state index is -3.51. The predicted molar refractivity (Wildman–Crippen MR) is 100 cm³/mol. The number of nitro benzene ring substituents is 1. The minimum absolute atomic E-state index is 0.130. The summed E-state index contributed by atoms with van der Waals surface area (Å²) in [6.45, 7) is 2.64. The highest BCUT2D eigenvalue weighted by Crippen LogP contribution is 2.23. The monoisotopic (exact) mass is 389 g/mol. The number of nitrogens with zero attached hydrogens (tertiary/aromatic N) is 2. The van der Waals surface area contributed by atoms with Gasteiger partial charge in [-0.2, -0.15) is 4.31 Å². The molecule has 142 valence electrons. The summed E-state index contributed by atoms with van der Waals surface area (Å²) < 4.78 is 26.4. The SMILES string of the molecule is Cc1ccc(C(=O)Nc2ccc(S(=O)(=O)N3CCCC3)cc2)cc1[N+](=O)[O-]. The molecule has 1 fully saturated rings. The van der Waals surface area contributed by atoms with Gasteiger partial charge in [0.1, 0.15) is 0 Å². The second-order valence-electron chi connectivity index (χ2n) is 6.35. The van der Waals surface area contributed by atoms with Gasteiger partial charge >= 0.3 is 0 Å². The molecule has 0 unspecified atom stereocenters. The van der Waals surface area contributed by atoms with Crippen molar-refractivity contribution < 1.29 is 18.1 Å². The first kappa shape index (κ1) is 19.0. The number of carbonyl (C=O) groups excluding carboxylic acids is 1. The Morgan fingerprint density at radius 2 is 1.74 bits per heavy atom. The highest BCUT2D eigenvalue weighted by molar-refractivity contribution is 7.89. The lowest BCUT2D eigenvalue weighted by atomic mass is 10.1. The van der Waals surface area contributed by atoms with E-state index in [1.54, 1.807) is 6.92 Å². The standard InChI is InChI=1S/C18H19N3O5S/c1-13-4-5-14(12-17(13)21(23)24)18(22)19-15-6-8-16(9-7-15)27(25,26)20-10-2-3-11-20/h4-9,12H,2-3,10-11H2,1H3,(H,19,22). The zero-order chi connectivity index (χ0) is 19.6. The third kappa shape index (κ3) is 3.99. The Balaban J connectivity index is 1.76. The van der Waals surface area contributed by atoms with Gasteiger partial charge in [0, 0.05) is 36.0 Å². The molecule has 1 heterocycles. The van der Waals surface area contributed by atoms with Crippen LogP contribution in [-0.2, 0) is 10.0 Å². The topological polar surface area (TPSA) is 110 Å². The number of nitro groups is 1. The summed E-state index contributed by atoms with van der Waals surface area (Å²) in [6.07, 6.45) is 1.71. The van der Waals surface area contributed by atoms with E-state index < -0.39 is 20.9 Å². The number of sulfonamides is 1. The van der Waals surface area contributed by atoms with Crippen LogP contribution in [-0.4, -0.2) is 36.6 Å². The fourth-order valence-electron chi connectivity index (χ4n) is 2.94. The van der Waals surface area contributed by atoms with Crippen molar-refractivity contribution in [3.8, 4) is 0 Å². The summed E-state index contributed by atoms with van der Waals surface area (Å²) in [6, 6.07) is 10.1. The second-order valence-corrected chi connectivity index (χ2v) is 8.29. The van der Waals surface area contributed by atoms with Gasteiger partial charge in [0.05, 0.1) is 9.82 Å². The first-order valence-corrected chi connectivity index (χ1v) is 9.89. The van der Waals surface area contributed by atoms with Crippen LogP contribution in [0.15, 0.2) is 47.4 Å². The fourth-order valence-corrected chi connectivity index (χ4v) is 4.46. The van der Waals surface area contributed by atoms with Gasteiger partial charge in [-0.1, -0.05) is 6.07 Å². The van der Waals surface area contributed by atoms with Crippen molar-refractivity contribution in [2.24, 2.45) is 0 Å². The van der Waals surface area contributed by atoms with Crippen LogP contribution in [0.1, 0.15) is 28.8 Å². The van der Waals surface area contributed by atoms with Crippen LogP contribution in [0, 0.1) is 17.0 Å². The molecule has 0 aromatic heterocycles. The molecule has 0 saturated carbocycles. The molecule has 9 heteroatoms. The van der Waals surface area contributed by atoms with Crippen LogP contribution in [0.5, 0.6) is 0 Å². The van der Waals surface area contributed by atoms with E-state index in [2.05, 4.69) is 5.32 Å². The highest BCUT2D eigenvalue weighted by Gasteiger charge is 2.27. The Labute approximate surface area is 157 Å². The van der Waals surface area contributed by atoms with E-state index >= 15 is 0 Å². The molecule has 27 heavy (non-hydrogen) atoms. The minimum Gasteiger partial charge on any atom is -0.322 e. The summed E-state index contributed by atoms with van der Waals surface area (Å²) in [5.41, 5.74) is 0.896. The average molecular weight is 389 g/mol. The number of benzene rings is 2. The molecule has 3 rings (SSSR count). The second kappa shape index (κ2) is 7.45. The lowest BCUT2D eigenvalue weighted by Crippen LogP contribution is -2.27. The number of carbonyl (C=O) groups is 1. The number of rotatable bonds is 5. The Morgan fingerprint density at radius 3 is 2.33 bits per heavy atom. The molecule has 1 aliphatic heterocycles. The normalized spacial score (nSPS) is 14.9. The van der Waals surface area contributed by atoms with Crippen LogP contribution in [0.3, 0.4) is 0 Å². The number of nitrogens with one attached hydrogen (secondary N) is 1. The van der Waals surface area contributed by atoms with Crippen molar-refractivity contribution >= 4 is 27.3 Å². The van der Waals surface area contributed by atoms with E-state index in [-0.39, 0.29) is 16.1 Å². The molecule has 1 saturated heterocycles. The quantitative estimate of drug-likeness (QED) is 0.624. The summed E-state index contributed by atoms with van der Waals surface area (Å²) in [7, 11) is -3.51. The molecule has 0 atom stereocenters. The number of hydrogen-bond acceptors (Lipinski definition) is 5. The number of amides is 1. The Morgan fingerprint density at radius 1 is 1.11 bits per heavy atom. The molecule has 0 spiro atoms.